The maximum Gasteiger partial charge on any atom is 0.252 e. The second-order valence-corrected chi connectivity index (χ2v) is 10.4. The van der Waals surface area contributed by atoms with Crippen molar-refractivity contribution in [2.24, 2.45) is 0 Å². The van der Waals surface area contributed by atoms with Gasteiger partial charge in [0.1, 0.15) is 4.21 Å². The van der Waals surface area contributed by atoms with Crippen LogP contribution < -0.4 is 4.90 Å². The van der Waals surface area contributed by atoms with Crippen LogP contribution in [0, 0.1) is 0 Å². The molecule has 0 atom stereocenters. The molecule has 0 spiro atoms. The molecule has 3 rings (SSSR count). The largest absolute Gasteiger partial charge is 0.332 e. The topological polar surface area (TPSA) is 41.8 Å². The summed E-state index contributed by atoms with van der Waals surface area (Å²) < 4.78 is 27.1. The summed E-state index contributed by atoms with van der Waals surface area (Å²) in [5.74, 6) is 1.02. The van der Waals surface area contributed by atoms with Crippen molar-refractivity contribution in [3.8, 4) is 0 Å². The van der Waals surface area contributed by atoms with E-state index in [1.54, 1.807) is 16.4 Å². The lowest BCUT2D eigenvalue weighted by molar-refractivity contribution is -0.901. The third-order valence-corrected chi connectivity index (χ3v) is 8.59. The van der Waals surface area contributed by atoms with Gasteiger partial charge in [-0.2, -0.15) is 4.31 Å². The molecule has 1 aliphatic heterocycles. The Labute approximate surface area is 156 Å². The summed E-state index contributed by atoms with van der Waals surface area (Å²) in [5.41, 5.74) is 0. The molecule has 2 heterocycles. The molecule has 1 aromatic carbocycles. The van der Waals surface area contributed by atoms with Crippen LogP contribution in [0.2, 0.25) is 5.02 Å². The van der Waals surface area contributed by atoms with Crippen molar-refractivity contribution in [1.82, 2.24) is 4.31 Å². The standard InChI is InChI=1S/C16H19ClN2O2S3/c17-14-3-5-15(6-4-14)22-13-11-18-7-9-19(10-8-18)24(20,21)16-2-1-12-23-16/h1-6,12H,7-11,13H2/p+1. The van der Waals surface area contributed by atoms with E-state index in [0.29, 0.717) is 17.3 Å². The van der Waals surface area contributed by atoms with E-state index in [1.165, 1.54) is 21.1 Å². The summed E-state index contributed by atoms with van der Waals surface area (Å²) in [6.45, 7) is 3.97. The van der Waals surface area contributed by atoms with Crippen LogP contribution in [-0.4, -0.2) is 51.2 Å². The number of thioether (sulfide) groups is 1. The second-order valence-electron chi connectivity index (χ2n) is 5.64. The van der Waals surface area contributed by atoms with E-state index in [2.05, 4.69) is 0 Å². The lowest BCUT2D eigenvalue weighted by atomic mass is 10.4. The summed E-state index contributed by atoms with van der Waals surface area (Å²) in [6.07, 6.45) is 0. The van der Waals surface area contributed by atoms with Gasteiger partial charge in [0.05, 0.1) is 32.7 Å². The van der Waals surface area contributed by atoms with Gasteiger partial charge in [0, 0.05) is 15.7 Å². The van der Waals surface area contributed by atoms with Crippen LogP contribution in [0.25, 0.3) is 0 Å². The first kappa shape index (κ1) is 18.2. The van der Waals surface area contributed by atoms with Crippen LogP contribution in [0.4, 0.5) is 0 Å². The Kier molecular flexibility index (Phi) is 6.23. The van der Waals surface area contributed by atoms with Crippen molar-refractivity contribution in [2.45, 2.75) is 9.10 Å². The lowest BCUT2D eigenvalue weighted by Gasteiger charge is -2.31. The first-order chi connectivity index (χ1) is 11.6. The van der Waals surface area contributed by atoms with Crippen LogP contribution in [-0.2, 0) is 10.0 Å². The fourth-order valence-electron chi connectivity index (χ4n) is 2.67. The highest BCUT2D eigenvalue weighted by atomic mass is 35.5. The quantitative estimate of drug-likeness (QED) is 0.751. The minimum absolute atomic E-state index is 0.448. The molecule has 4 nitrogen and oxygen atoms in total. The van der Waals surface area contributed by atoms with E-state index >= 15 is 0 Å². The molecule has 1 fully saturated rings. The number of hydrogen-bond donors (Lipinski definition) is 1. The Balaban J connectivity index is 1.45. The minimum Gasteiger partial charge on any atom is -0.332 e. The number of sulfonamides is 1. The monoisotopic (exact) mass is 403 g/mol. The summed E-state index contributed by atoms with van der Waals surface area (Å²) >= 11 is 8.99. The van der Waals surface area contributed by atoms with Gasteiger partial charge < -0.3 is 4.90 Å². The van der Waals surface area contributed by atoms with Gasteiger partial charge in [-0.25, -0.2) is 8.42 Å². The Morgan fingerprint density at radius 2 is 1.88 bits per heavy atom. The summed E-state index contributed by atoms with van der Waals surface area (Å²) in [5, 5.41) is 2.57. The molecule has 1 saturated heterocycles. The van der Waals surface area contributed by atoms with Crippen LogP contribution in [0.3, 0.4) is 0 Å². The molecule has 8 heteroatoms. The van der Waals surface area contributed by atoms with Gasteiger partial charge in [0.15, 0.2) is 0 Å². The highest BCUT2D eigenvalue weighted by Gasteiger charge is 2.30. The van der Waals surface area contributed by atoms with Crippen LogP contribution >= 0.6 is 34.7 Å². The molecule has 1 N–H and O–H groups in total. The van der Waals surface area contributed by atoms with Gasteiger partial charge in [0.2, 0.25) is 0 Å². The first-order valence-electron chi connectivity index (χ1n) is 7.81. The van der Waals surface area contributed by atoms with Gasteiger partial charge in [-0.05, 0) is 35.7 Å². The number of nitrogens with zero attached hydrogens (tertiary/aromatic N) is 1. The van der Waals surface area contributed by atoms with E-state index in [0.717, 1.165) is 30.4 Å². The number of hydrogen-bond acceptors (Lipinski definition) is 4. The third kappa shape index (κ3) is 4.53. The molecule has 130 valence electrons. The normalized spacial score (nSPS) is 17.2. The molecule has 1 aromatic heterocycles. The number of benzene rings is 1. The number of piperazine rings is 1. The Morgan fingerprint density at radius 1 is 1.17 bits per heavy atom. The first-order valence-corrected chi connectivity index (χ1v) is 11.5. The molecule has 24 heavy (non-hydrogen) atoms. The van der Waals surface area contributed by atoms with E-state index in [9.17, 15) is 8.42 Å². The van der Waals surface area contributed by atoms with Gasteiger partial charge in [-0.3, -0.25) is 0 Å². The number of quaternary nitrogens is 1. The van der Waals surface area contributed by atoms with E-state index in [-0.39, 0.29) is 0 Å². The molecule has 0 amide bonds. The summed E-state index contributed by atoms with van der Waals surface area (Å²) in [7, 11) is -3.29. The smallest absolute Gasteiger partial charge is 0.252 e. The number of halogens is 1. The van der Waals surface area contributed by atoms with Crippen LogP contribution in [0.15, 0.2) is 50.9 Å². The van der Waals surface area contributed by atoms with Crippen molar-refractivity contribution in [1.29, 1.82) is 0 Å². The molecular weight excluding hydrogens is 384 g/mol. The zero-order chi connectivity index (χ0) is 17.0. The molecule has 0 radical (unpaired) electrons. The van der Waals surface area contributed by atoms with Crippen LogP contribution in [0.5, 0.6) is 0 Å². The zero-order valence-electron chi connectivity index (χ0n) is 13.2. The Hall–Kier alpha value is -0.570. The maximum atomic E-state index is 12.5. The number of nitrogens with one attached hydrogen (secondary N) is 1. The lowest BCUT2D eigenvalue weighted by Crippen LogP contribution is -3.15. The number of rotatable bonds is 6. The highest BCUT2D eigenvalue weighted by Crippen LogP contribution is 2.21. The fraction of sp³-hybridized carbons (Fsp3) is 0.375. The molecule has 0 saturated carbocycles. The Morgan fingerprint density at radius 3 is 2.50 bits per heavy atom. The van der Waals surface area contributed by atoms with E-state index in [1.807, 2.05) is 41.4 Å². The van der Waals surface area contributed by atoms with Crippen molar-refractivity contribution >= 4 is 44.7 Å². The highest BCUT2D eigenvalue weighted by molar-refractivity contribution is 7.99. The SMILES string of the molecule is O=S(=O)(c1cccs1)N1CC[NH+](CCSc2ccc(Cl)cc2)CC1. The predicted molar refractivity (Wildman–Crippen MR) is 101 cm³/mol. The Bertz CT molecular complexity index is 740. The van der Waals surface area contributed by atoms with E-state index in [4.69, 9.17) is 11.6 Å². The van der Waals surface area contributed by atoms with Crippen molar-refractivity contribution in [3.63, 3.8) is 0 Å². The van der Waals surface area contributed by atoms with Gasteiger partial charge in [-0.15, -0.1) is 23.1 Å². The predicted octanol–water partition coefficient (Wildman–Crippen LogP) is 2.08. The second kappa shape index (κ2) is 8.21. The summed E-state index contributed by atoms with van der Waals surface area (Å²) in [6, 6.07) is 11.4. The van der Waals surface area contributed by atoms with Crippen molar-refractivity contribution in [2.75, 3.05) is 38.5 Å². The van der Waals surface area contributed by atoms with Gasteiger partial charge in [0.25, 0.3) is 10.0 Å². The third-order valence-electron chi connectivity index (χ3n) is 4.06. The fourth-order valence-corrected chi connectivity index (χ4v) is 6.34. The van der Waals surface area contributed by atoms with Crippen molar-refractivity contribution in [3.05, 3.63) is 46.8 Å². The molecule has 0 aliphatic carbocycles. The average Bonchev–Trinajstić information content (AvgIpc) is 3.13. The molecular formula is C16H20ClN2O2S3+. The maximum absolute atomic E-state index is 12.5. The van der Waals surface area contributed by atoms with Gasteiger partial charge >= 0.3 is 0 Å². The molecule has 0 unspecified atom stereocenters. The molecule has 2 aromatic rings. The number of thiophene rings is 1. The van der Waals surface area contributed by atoms with E-state index < -0.39 is 10.0 Å². The minimum atomic E-state index is -3.29. The van der Waals surface area contributed by atoms with Crippen LogP contribution in [0.1, 0.15) is 0 Å². The molecule has 0 bridgehead atoms. The van der Waals surface area contributed by atoms with Gasteiger partial charge in [-0.1, -0.05) is 17.7 Å². The molecule has 1 aliphatic rings. The zero-order valence-corrected chi connectivity index (χ0v) is 16.4. The van der Waals surface area contributed by atoms with Crippen molar-refractivity contribution < 1.29 is 13.3 Å². The average molecular weight is 404 g/mol. The summed E-state index contributed by atoms with van der Waals surface area (Å²) in [4.78, 5) is 2.69.